The highest BCUT2D eigenvalue weighted by Gasteiger charge is 2.06. The zero-order valence-corrected chi connectivity index (χ0v) is 14.5. The fraction of sp³-hybridized carbons (Fsp3) is 0.250. The van der Waals surface area contributed by atoms with E-state index >= 15 is 0 Å². The lowest BCUT2D eigenvalue weighted by atomic mass is 10.1. The summed E-state index contributed by atoms with van der Waals surface area (Å²) in [5, 5.41) is 4.85. The van der Waals surface area contributed by atoms with Gasteiger partial charge < -0.3 is 10.3 Å². The van der Waals surface area contributed by atoms with Gasteiger partial charge in [-0.05, 0) is 49.1 Å². The van der Waals surface area contributed by atoms with E-state index in [9.17, 15) is 4.79 Å². The van der Waals surface area contributed by atoms with Crippen LogP contribution in [0.2, 0.25) is 5.02 Å². The van der Waals surface area contributed by atoms with Crippen LogP contribution in [-0.2, 0) is 17.6 Å². The van der Waals surface area contributed by atoms with Crippen LogP contribution in [0.25, 0.3) is 10.9 Å². The van der Waals surface area contributed by atoms with Crippen LogP contribution >= 0.6 is 11.6 Å². The number of aromatic nitrogens is 1. The van der Waals surface area contributed by atoms with Gasteiger partial charge in [-0.2, -0.15) is 0 Å². The van der Waals surface area contributed by atoms with E-state index < -0.39 is 0 Å². The lowest BCUT2D eigenvalue weighted by Crippen LogP contribution is -2.25. The Morgan fingerprint density at radius 3 is 2.71 bits per heavy atom. The standard InChI is InChI=1S/C20H21ClN2O/c1-14-2-4-15(5-3-14)6-9-20(24)22-11-10-16-13-23-19-8-7-17(21)12-18(16)19/h2-5,7-8,12-13,23H,6,9-11H2,1H3,(H,22,24). The van der Waals surface area contributed by atoms with Crippen molar-refractivity contribution in [3.05, 3.63) is 70.4 Å². The number of hydrogen-bond acceptors (Lipinski definition) is 1. The minimum absolute atomic E-state index is 0.0912. The fourth-order valence-corrected chi connectivity index (χ4v) is 2.97. The molecule has 0 bridgehead atoms. The fourth-order valence-electron chi connectivity index (χ4n) is 2.80. The predicted octanol–water partition coefficient (Wildman–Crippen LogP) is 4.42. The maximum absolute atomic E-state index is 12.0. The Bertz CT molecular complexity index is 836. The Balaban J connectivity index is 1.47. The van der Waals surface area contributed by atoms with Crippen molar-refractivity contribution in [3.8, 4) is 0 Å². The van der Waals surface area contributed by atoms with Crippen molar-refractivity contribution in [2.24, 2.45) is 0 Å². The topological polar surface area (TPSA) is 44.9 Å². The SMILES string of the molecule is Cc1ccc(CCC(=O)NCCc2c[nH]c3ccc(Cl)cc23)cc1. The summed E-state index contributed by atoms with van der Waals surface area (Å²) >= 11 is 6.06. The lowest BCUT2D eigenvalue weighted by molar-refractivity contribution is -0.121. The number of aryl methyl sites for hydroxylation is 2. The molecule has 1 aromatic heterocycles. The van der Waals surface area contributed by atoms with Gasteiger partial charge in [0.2, 0.25) is 5.91 Å². The average molecular weight is 341 g/mol. The predicted molar refractivity (Wildman–Crippen MR) is 99.5 cm³/mol. The summed E-state index contributed by atoms with van der Waals surface area (Å²) < 4.78 is 0. The first kappa shape index (κ1) is 16.6. The molecule has 0 fully saturated rings. The van der Waals surface area contributed by atoms with Crippen molar-refractivity contribution in [3.63, 3.8) is 0 Å². The molecule has 0 atom stereocenters. The van der Waals surface area contributed by atoms with Gasteiger partial charge in [0.15, 0.2) is 0 Å². The molecule has 0 aliphatic carbocycles. The van der Waals surface area contributed by atoms with Crippen molar-refractivity contribution in [2.45, 2.75) is 26.2 Å². The van der Waals surface area contributed by atoms with Crippen LogP contribution in [0.1, 0.15) is 23.1 Å². The Morgan fingerprint density at radius 1 is 1.12 bits per heavy atom. The first-order valence-corrected chi connectivity index (χ1v) is 8.57. The van der Waals surface area contributed by atoms with E-state index in [2.05, 4.69) is 41.5 Å². The first-order valence-electron chi connectivity index (χ1n) is 8.19. The molecule has 124 valence electrons. The number of aromatic amines is 1. The monoisotopic (exact) mass is 340 g/mol. The largest absolute Gasteiger partial charge is 0.361 e. The number of fused-ring (bicyclic) bond motifs is 1. The van der Waals surface area contributed by atoms with Crippen LogP contribution in [0.15, 0.2) is 48.7 Å². The van der Waals surface area contributed by atoms with Crippen LogP contribution < -0.4 is 5.32 Å². The number of halogens is 1. The van der Waals surface area contributed by atoms with E-state index in [0.29, 0.717) is 13.0 Å². The van der Waals surface area contributed by atoms with Crippen molar-refractivity contribution < 1.29 is 4.79 Å². The maximum Gasteiger partial charge on any atom is 0.220 e. The summed E-state index contributed by atoms with van der Waals surface area (Å²) in [4.78, 5) is 15.2. The van der Waals surface area contributed by atoms with Gasteiger partial charge in [-0.25, -0.2) is 0 Å². The molecule has 0 saturated carbocycles. The molecule has 24 heavy (non-hydrogen) atoms. The highest BCUT2D eigenvalue weighted by atomic mass is 35.5. The van der Waals surface area contributed by atoms with Crippen LogP contribution in [0.4, 0.5) is 0 Å². The maximum atomic E-state index is 12.0. The van der Waals surface area contributed by atoms with E-state index in [0.717, 1.165) is 28.8 Å². The Morgan fingerprint density at radius 2 is 1.92 bits per heavy atom. The van der Waals surface area contributed by atoms with Gasteiger partial charge in [-0.15, -0.1) is 0 Å². The molecule has 0 aliphatic rings. The second-order valence-corrected chi connectivity index (χ2v) is 6.53. The van der Waals surface area contributed by atoms with Crippen LogP contribution in [0, 0.1) is 6.92 Å². The number of rotatable bonds is 6. The van der Waals surface area contributed by atoms with Gasteiger partial charge >= 0.3 is 0 Å². The van der Waals surface area contributed by atoms with Gasteiger partial charge in [-0.1, -0.05) is 41.4 Å². The molecule has 2 N–H and O–H groups in total. The van der Waals surface area contributed by atoms with Crippen molar-refractivity contribution in [1.82, 2.24) is 10.3 Å². The molecular weight excluding hydrogens is 320 g/mol. The zero-order chi connectivity index (χ0) is 16.9. The van der Waals surface area contributed by atoms with Crippen molar-refractivity contribution in [2.75, 3.05) is 6.54 Å². The number of carbonyl (C=O) groups excluding carboxylic acids is 1. The molecule has 0 spiro atoms. The Hall–Kier alpha value is -2.26. The molecule has 1 amide bonds. The summed E-state index contributed by atoms with van der Waals surface area (Å²) in [7, 11) is 0. The second kappa shape index (κ2) is 7.54. The van der Waals surface area contributed by atoms with Gasteiger partial charge in [0.1, 0.15) is 0 Å². The summed E-state index contributed by atoms with van der Waals surface area (Å²) in [5.41, 5.74) is 4.68. The van der Waals surface area contributed by atoms with E-state index in [4.69, 9.17) is 11.6 Å². The third-order valence-electron chi connectivity index (χ3n) is 4.21. The van der Waals surface area contributed by atoms with E-state index in [1.165, 1.54) is 16.7 Å². The number of nitrogens with one attached hydrogen (secondary N) is 2. The Labute approximate surface area is 147 Å². The third-order valence-corrected chi connectivity index (χ3v) is 4.44. The highest BCUT2D eigenvalue weighted by molar-refractivity contribution is 6.31. The molecule has 3 rings (SSSR count). The van der Waals surface area contributed by atoms with E-state index in [1.807, 2.05) is 24.4 Å². The van der Waals surface area contributed by atoms with Crippen molar-refractivity contribution >= 4 is 28.4 Å². The number of amides is 1. The number of carbonyl (C=O) groups is 1. The average Bonchev–Trinajstić information content (AvgIpc) is 2.97. The summed E-state index contributed by atoms with van der Waals surface area (Å²) in [6.45, 7) is 2.70. The second-order valence-electron chi connectivity index (χ2n) is 6.09. The summed E-state index contributed by atoms with van der Waals surface area (Å²) in [5.74, 6) is 0.0912. The van der Waals surface area contributed by atoms with Gasteiger partial charge in [-0.3, -0.25) is 4.79 Å². The molecule has 3 aromatic rings. The number of H-pyrrole nitrogens is 1. The Kier molecular flexibility index (Phi) is 5.21. The van der Waals surface area contributed by atoms with Gasteiger partial charge in [0.25, 0.3) is 0 Å². The third kappa shape index (κ3) is 4.18. The highest BCUT2D eigenvalue weighted by Crippen LogP contribution is 2.22. The van der Waals surface area contributed by atoms with E-state index in [1.54, 1.807) is 0 Å². The molecule has 0 saturated heterocycles. The molecule has 0 unspecified atom stereocenters. The zero-order valence-electron chi connectivity index (χ0n) is 13.7. The molecule has 0 aliphatic heterocycles. The lowest BCUT2D eigenvalue weighted by Gasteiger charge is -2.05. The molecule has 3 nitrogen and oxygen atoms in total. The van der Waals surface area contributed by atoms with Gasteiger partial charge in [0.05, 0.1) is 0 Å². The molecule has 0 radical (unpaired) electrons. The summed E-state index contributed by atoms with van der Waals surface area (Å²) in [6, 6.07) is 14.1. The molecule has 4 heteroatoms. The van der Waals surface area contributed by atoms with E-state index in [-0.39, 0.29) is 5.91 Å². The molecule has 1 heterocycles. The first-order chi connectivity index (χ1) is 11.6. The van der Waals surface area contributed by atoms with Crippen LogP contribution in [0.3, 0.4) is 0 Å². The van der Waals surface area contributed by atoms with Crippen LogP contribution in [0.5, 0.6) is 0 Å². The molecule has 2 aromatic carbocycles. The minimum atomic E-state index is 0.0912. The van der Waals surface area contributed by atoms with Crippen molar-refractivity contribution in [1.29, 1.82) is 0 Å². The minimum Gasteiger partial charge on any atom is -0.361 e. The quantitative estimate of drug-likeness (QED) is 0.685. The summed E-state index contributed by atoms with van der Waals surface area (Å²) in [6.07, 6.45) is 4.06. The molecular formula is C20H21ClN2O. The smallest absolute Gasteiger partial charge is 0.220 e. The van der Waals surface area contributed by atoms with Gasteiger partial charge in [0, 0.05) is 35.1 Å². The van der Waals surface area contributed by atoms with Crippen LogP contribution in [-0.4, -0.2) is 17.4 Å². The number of hydrogen-bond donors (Lipinski definition) is 2. The number of benzene rings is 2. The normalized spacial score (nSPS) is 10.9.